The fourth-order valence-corrected chi connectivity index (χ4v) is 3.22. The number of benzene rings is 2. The van der Waals surface area contributed by atoms with Crippen molar-refractivity contribution in [3.63, 3.8) is 0 Å². The van der Waals surface area contributed by atoms with Crippen LogP contribution in [0.2, 0.25) is 5.02 Å². The van der Waals surface area contributed by atoms with Crippen LogP contribution in [0.5, 0.6) is 0 Å². The first-order valence-corrected chi connectivity index (χ1v) is 9.26. The van der Waals surface area contributed by atoms with Crippen molar-refractivity contribution in [3.05, 3.63) is 70.2 Å². The summed E-state index contributed by atoms with van der Waals surface area (Å²) in [7, 11) is 3.13. The van der Waals surface area contributed by atoms with Crippen LogP contribution in [-0.2, 0) is 21.8 Å². The van der Waals surface area contributed by atoms with Crippen LogP contribution in [0.15, 0.2) is 48.5 Å². The molecule has 0 heterocycles. The van der Waals surface area contributed by atoms with Crippen molar-refractivity contribution < 1.29 is 14.3 Å². The largest absolute Gasteiger partial charge is 0.465 e. The third kappa shape index (κ3) is 6.11. The number of carbonyl (C=O) groups excluding carboxylic acids is 2. The van der Waals surface area contributed by atoms with Crippen LogP contribution >= 0.6 is 23.4 Å². The lowest BCUT2D eigenvalue weighted by Gasteiger charge is -2.17. The summed E-state index contributed by atoms with van der Waals surface area (Å²) in [6.07, 6.45) is 0. The second-order valence-electron chi connectivity index (χ2n) is 5.56. The topological polar surface area (TPSA) is 46.6 Å². The highest BCUT2D eigenvalue weighted by Gasteiger charge is 2.10. The van der Waals surface area contributed by atoms with Crippen LogP contribution in [-0.4, -0.2) is 36.7 Å². The molecule has 0 aliphatic heterocycles. The van der Waals surface area contributed by atoms with Gasteiger partial charge in [0, 0.05) is 24.4 Å². The molecule has 0 bridgehead atoms. The Kier molecular flexibility index (Phi) is 7.34. The molecule has 0 unspecified atom stereocenters. The third-order valence-corrected chi connectivity index (χ3v) is 4.87. The van der Waals surface area contributed by atoms with Gasteiger partial charge in [0.05, 0.1) is 18.4 Å². The maximum Gasteiger partial charge on any atom is 0.337 e. The molecule has 0 saturated carbocycles. The number of hydrogen-bond donors (Lipinski definition) is 0. The lowest BCUT2D eigenvalue weighted by atomic mass is 10.1. The monoisotopic (exact) mass is 377 g/mol. The molecule has 0 aliphatic rings. The average Bonchev–Trinajstić information content (AvgIpc) is 2.63. The Morgan fingerprint density at radius 1 is 1.04 bits per heavy atom. The Morgan fingerprint density at radius 2 is 1.64 bits per heavy atom. The Balaban J connectivity index is 1.79. The van der Waals surface area contributed by atoms with Gasteiger partial charge >= 0.3 is 5.97 Å². The standard InChI is InChI=1S/C19H20ClNO3S/c1-21(11-14-3-7-16(8-4-14)19(23)24-2)18(22)13-25-12-15-5-9-17(20)10-6-15/h3-10H,11-13H2,1-2H3. The van der Waals surface area contributed by atoms with E-state index in [-0.39, 0.29) is 11.9 Å². The number of rotatable bonds is 7. The summed E-state index contributed by atoms with van der Waals surface area (Å²) in [5.74, 6) is 0.884. The van der Waals surface area contributed by atoms with Crippen molar-refractivity contribution in [1.82, 2.24) is 4.90 Å². The zero-order chi connectivity index (χ0) is 18.2. The summed E-state index contributed by atoms with van der Waals surface area (Å²) in [5, 5.41) is 0.711. The number of esters is 1. The summed E-state index contributed by atoms with van der Waals surface area (Å²) in [5.41, 5.74) is 2.60. The predicted octanol–water partition coefficient (Wildman–Crippen LogP) is 4.02. The molecule has 6 heteroatoms. The minimum Gasteiger partial charge on any atom is -0.465 e. The number of carbonyl (C=O) groups is 2. The van der Waals surface area contributed by atoms with E-state index in [9.17, 15) is 9.59 Å². The Hall–Kier alpha value is -1.98. The molecule has 0 saturated heterocycles. The van der Waals surface area contributed by atoms with Crippen LogP contribution < -0.4 is 0 Å². The molecule has 0 spiro atoms. The Labute approximate surface area is 157 Å². The lowest BCUT2D eigenvalue weighted by molar-refractivity contribution is -0.127. The zero-order valence-corrected chi connectivity index (χ0v) is 15.8. The van der Waals surface area contributed by atoms with Crippen molar-refractivity contribution in [1.29, 1.82) is 0 Å². The SMILES string of the molecule is COC(=O)c1ccc(CN(C)C(=O)CSCc2ccc(Cl)cc2)cc1. The number of halogens is 1. The Morgan fingerprint density at radius 3 is 2.24 bits per heavy atom. The Bertz CT molecular complexity index is 716. The zero-order valence-electron chi connectivity index (χ0n) is 14.2. The van der Waals surface area contributed by atoms with E-state index in [1.165, 1.54) is 7.11 Å². The molecule has 132 valence electrons. The van der Waals surface area contributed by atoms with Gasteiger partial charge in [0.1, 0.15) is 0 Å². The highest BCUT2D eigenvalue weighted by atomic mass is 35.5. The molecule has 0 aromatic heterocycles. The van der Waals surface area contributed by atoms with E-state index in [4.69, 9.17) is 11.6 Å². The van der Waals surface area contributed by atoms with E-state index in [2.05, 4.69) is 4.74 Å². The van der Waals surface area contributed by atoms with Gasteiger partial charge in [0.2, 0.25) is 5.91 Å². The fourth-order valence-electron chi connectivity index (χ4n) is 2.17. The molecule has 0 atom stereocenters. The molecular formula is C19H20ClNO3S. The van der Waals surface area contributed by atoms with Gasteiger partial charge in [-0.2, -0.15) is 0 Å². The van der Waals surface area contributed by atoms with E-state index < -0.39 is 0 Å². The van der Waals surface area contributed by atoms with Gasteiger partial charge in [-0.3, -0.25) is 4.79 Å². The molecule has 2 aromatic rings. The van der Waals surface area contributed by atoms with E-state index in [0.29, 0.717) is 22.9 Å². The van der Waals surface area contributed by atoms with Crippen LogP contribution in [0.25, 0.3) is 0 Å². The van der Waals surface area contributed by atoms with Gasteiger partial charge in [-0.25, -0.2) is 4.79 Å². The number of nitrogens with zero attached hydrogens (tertiary/aromatic N) is 1. The average molecular weight is 378 g/mol. The molecule has 0 aliphatic carbocycles. The minimum atomic E-state index is -0.366. The molecule has 0 fully saturated rings. The molecule has 2 rings (SSSR count). The first-order valence-electron chi connectivity index (χ1n) is 7.73. The van der Waals surface area contributed by atoms with Gasteiger partial charge in [0.15, 0.2) is 0 Å². The lowest BCUT2D eigenvalue weighted by Crippen LogP contribution is -2.27. The molecule has 2 aromatic carbocycles. The highest BCUT2D eigenvalue weighted by molar-refractivity contribution is 7.99. The van der Waals surface area contributed by atoms with Crippen molar-refractivity contribution in [2.24, 2.45) is 0 Å². The van der Waals surface area contributed by atoms with Gasteiger partial charge in [-0.15, -0.1) is 11.8 Å². The summed E-state index contributed by atoms with van der Waals surface area (Å²) >= 11 is 7.43. The molecule has 0 N–H and O–H groups in total. The normalized spacial score (nSPS) is 10.4. The smallest absolute Gasteiger partial charge is 0.337 e. The van der Waals surface area contributed by atoms with Crippen LogP contribution in [0.1, 0.15) is 21.5 Å². The predicted molar refractivity (Wildman–Crippen MR) is 102 cm³/mol. The number of methoxy groups -OCH3 is 1. The van der Waals surface area contributed by atoms with E-state index in [1.54, 1.807) is 35.8 Å². The second kappa shape index (κ2) is 9.49. The van der Waals surface area contributed by atoms with Crippen molar-refractivity contribution in [3.8, 4) is 0 Å². The summed E-state index contributed by atoms with van der Waals surface area (Å²) in [6, 6.07) is 14.7. The quantitative estimate of drug-likeness (QED) is 0.684. The van der Waals surface area contributed by atoms with E-state index >= 15 is 0 Å². The number of amides is 1. The van der Waals surface area contributed by atoms with Crippen LogP contribution in [0.4, 0.5) is 0 Å². The highest BCUT2D eigenvalue weighted by Crippen LogP contribution is 2.16. The maximum absolute atomic E-state index is 12.2. The number of hydrogen-bond acceptors (Lipinski definition) is 4. The molecular weight excluding hydrogens is 358 g/mol. The van der Waals surface area contributed by atoms with Gasteiger partial charge in [-0.05, 0) is 35.4 Å². The third-order valence-electron chi connectivity index (χ3n) is 3.63. The van der Waals surface area contributed by atoms with Crippen molar-refractivity contribution in [2.75, 3.05) is 19.9 Å². The molecule has 1 amide bonds. The van der Waals surface area contributed by atoms with Gasteiger partial charge in [-0.1, -0.05) is 35.9 Å². The maximum atomic E-state index is 12.2. The first kappa shape index (κ1) is 19.3. The fraction of sp³-hybridized carbons (Fsp3) is 0.263. The van der Waals surface area contributed by atoms with Crippen molar-refractivity contribution in [2.45, 2.75) is 12.3 Å². The molecule has 0 radical (unpaired) electrons. The summed E-state index contributed by atoms with van der Waals surface area (Å²) in [6.45, 7) is 0.502. The summed E-state index contributed by atoms with van der Waals surface area (Å²) < 4.78 is 4.67. The molecule has 25 heavy (non-hydrogen) atoms. The molecule has 4 nitrogen and oxygen atoms in total. The summed E-state index contributed by atoms with van der Waals surface area (Å²) in [4.78, 5) is 25.3. The van der Waals surface area contributed by atoms with Gasteiger partial charge < -0.3 is 9.64 Å². The van der Waals surface area contributed by atoms with Crippen LogP contribution in [0, 0.1) is 0 Å². The first-order chi connectivity index (χ1) is 12.0. The minimum absolute atomic E-state index is 0.0657. The number of thioether (sulfide) groups is 1. The second-order valence-corrected chi connectivity index (χ2v) is 6.98. The van der Waals surface area contributed by atoms with Gasteiger partial charge in [0.25, 0.3) is 0 Å². The number of ether oxygens (including phenoxy) is 1. The van der Waals surface area contributed by atoms with E-state index in [1.807, 2.05) is 36.4 Å². The van der Waals surface area contributed by atoms with Crippen LogP contribution in [0.3, 0.4) is 0 Å². The van der Waals surface area contributed by atoms with E-state index in [0.717, 1.165) is 16.9 Å². The van der Waals surface area contributed by atoms with Crippen molar-refractivity contribution >= 4 is 35.2 Å².